The average molecular weight is 211 g/mol. The molecule has 2 N–H and O–H groups in total. The Kier molecular flexibility index (Phi) is 4.19. The quantitative estimate of drug-likeness (QED) is 0.728. The third kappa shape index (κ3) is 3.84. The highest BCUT2D eigenvalue weighted by molar-refractivity contribution is 4.74. The molecule has 0 bridgehead atoms. The van der Waals surface area contributed by atoms with Gasteiger partial charge < -0.3 is 10.4 Å². The number of rotatable bonds is 2. The number of halogens is 3. The van der Waals surface area contributed by atoms with Gasteiger partial charge in [0.1, 0.15) is 6.10 Å². The van der Waals surface area contributed by atoms with Crippen LogP contribution >= 0.6 is 0 Å². The molecular weight excluding hydrogens is 195 g/mol. The summed E-state index contributed by atoms with van der Waals surface area (Å²) in [7, 11) is 0. The summed E-state index contributed by atoms with van der Waals surface area (Å²) in [6, 6.07) is 0. The van der Waals surface area contributed by atoms with Crippen molar-refractivity contribution in [2.75, 3.05) is 13.1 Å². The third-order valence-corrected chi connectivity index (χ3v) is 2.58. The molecule has 0 saturated carbocycles. The maximum atomic E-state index is 12.0. The van der Waals surface area contributed by atoms with Gasteiger partial charge in [-0.2, -0.15) is 13.2 Å². The molecular formula is C9H16F3NO. The van der Waals surface area contributed by atoms with Gasteiger partial charge in [0.25, 0.3) is 0 Å². The van der Waals surface area contributed by atoms with Crippen LogP contribution in [0.3, 0.4) is 0 Å². The number of alkyl halides is 3. The minimum absolute atomic E-state index is 0.0471. The fourth-order valence-corrected chi connectivity index (χ4v) is 1.74. The van der Waals surface area contributed by atoms with Crippen LogP contribution in [0.4, 0.5) is 13.2 Å². The number of nitrogens with one attached hydrogen (secondary N) is 1. The molecule has 1 fully saturated rings. The molecule has 0 aromatic carbocycles. The Bertz CT molecular complexity index is 164. The van der Waals surface area contributed by atoms with Gasteiger partial charge in [0.15, 0.2) is 0 Å². The standard InChI is InChI=1S/C9H16F3NO/c10-9(11,12)8(14)5-7-3-1-2-4-13-6-7/h7-8,13-14H,1-6H2. The molecule has 1 heterocycles. The number of aliphatic hydroxyl groups excluding tert-OH is 1. The second-order valence-corrected chi connectivity index (χ2v) is 3.86. The maximum absolute atomic E-state index is 12.0. The van der Waals surface area contributed by atoms with Crippen molar-refractivity contribution >= 4 is 0 Å². The Morgan fingerprint density at radius 3 is 2.71 bits per heavy atom. The third-order valence-electron chi connectivity index (χ3n) is 2.58. The molecule has 0 amide bonds. The summed E-state index contributed by atoms with van der Waals surface area (Å²) < 4.78 is 36.1. The summed E-state index contributed by atoms with van der Waals surface area (Å²) in [5, 5.41) is 12.0. The van der Waals surface area contributed by atoms with Crippen molar-refractivity contribution in [1.82, 2.24) is 5.32 Å². The van der Waals surface area contributed by atoms with Crippen LogP contribution in [0.1, 0.15) is 25.7 Å². The molecule has 2 unspecified atom stereocenters. The van der Waals surface area contributed by atoms with E-state index < -0.39 is 12.3 Å². The predicted molar refractivity (Wildman–Crippen MR) is 46.9 cm³/mol. The lowest BCUT2D eigenvalue weighted by atomic mass is 9.96. The monoisotopic (exact) mass is 211 g/mol. The Morgan fingerprint density at radius 2 is 2.07 bits per heavy atom. The zero-order chi connectivity index (χ0) is 10.6. The van der Waals surface area contributed by atoms with E-state index in [0.717, 1.165) is 25.8 Å². The van der Waals surface area contributed by atoms with Crippen molar-refractivity contribution in [2.24, 2.45) is 5.92 Å². The summed E-state index contributed by atoms with van der Waals surface area (Å²) in [5.41, 5.74) is 0. The molecule has 1 saturated heterocycles. The second-order valence-electron chi connectivity index (χ2n) is 3.86. The van der Waals surface area contributed by atoms with Gasteiger partial charge >= 0.3 is 6.18 Å². The van der Waals surface area contributed by atoms with Crippen molar-refractivity contribution in [2.45, 2.75) is 38.0 Å². The van der Waals surface area contributed by atoms with Gasteiger partial charge in [-0.1, -0.05) is 6.42 Å². The lowest BCUT2D eigenvalue weighted by molar-refractivity contribution is -0.208. The van der Waals surface area contributed by atoms with Crippen molar-refractivity contribution in [3.8, 4) is 0 Å². The topological polar surface area (TPSA) is 32.3 Å². The van der Waals surface area contributed by atoms with Crippen LogP contribution in [0.25, 0.3) is 0 Å². The van der Waals surface area contributed by atoms with Crippen molar-refractivity contribution in [1.29, 1.82) is 0 Å². The van der Waals surface area contributed by atoms with E-state index in [1.165, 1.54) is 0 Å². The van der Waals surface area contributed by atoms with E-state index in [-0.39, 0.29) is 12.3 Å². The van der Waals surface area contributed by atoms with E-state index in [9.17, 15) is 13.2 Å². The van der Waals surface area contributed by atoms with Crippen molar-refractivity contribution < 1.29 is 18.3 Å². The van der Waals surface area contributed by atoms with Crippen LogP contribution < -0.4 is 5.32 Å². The molecule has 0 aromatic rings. The molecule has 0 aromatic heterocycles. The van der Waals surface area contributed by atoms with Crippen LogP contribution in [0.5, 0.6) is 0 Å². The van der Waals surface area contributed by atoms with E-state index in [1.807, 2.05) is 0 Å². The van der Waals surface area contributed by atoms with Gasteiger partial charge in [-0.15, -0.1) is 0 Å². The number of hydrogen-bond acceptors (Lipinski definition) is 2. The second kappa shape index (κ2) is 4.98. The smallest absolute Gasteiger partial charge is 0.384 e. The minimum atomic E-state index is -4.47. The highest BCUT2D eigenvalue weighted by Gasteiger charge is 2.39. The van der Waals surface area contributed by atoms with E-state index in [0.29, 0.717) is 6.54 Å². The van der Waals surface area contributed by atoms with Gasteiger partial charge in [-0.05, 0) is 38.3 Å². The first kappa shape index (κ1) is 11.8. The molecule has 0 radical (unpaired) electrons. The SMILES string of the molecule is OC(CC1CCCCNC1)C(F)(F)F. The Balaban J connectivity index is 2.34. The lowest BCUT2D eigenvalue weighted by Crippen LogP contribution is -2.33. The summed E-state index contributed by atoms with van der Waals surface area (Å²) in [5.74, 6) is -0.0471. The average Bonchev–Trinajstić information content (AvgIpc) is 2.31. The molecule has 84 valence electrons. The van der Waals surface area contributed by atoms with Crippen molar-refractivity contribution in [3.05, 3.63) is 0 Å². The van der Waals surface area contributed by atoms with Crippen LogP contribution in [0.15, 0.2) is 0 Å². The summed E-state index contributed by atoms with van der Waals surface area (Å²) in [6.45, 7) is 1.46. The largest absolute Gasteiger partial charge is 0.414 e. The fraction of sp³-hybridized carbons (Fsp3) is 1.00. The van der Waals surface area contributed by atoms with E-state index in [4.69, 9.17) is 5.11 Å². The van der Waals surface area contributed by atoms with Crippen LogP contribution in [-0.2, 0) is 0 Å². The van der Waals surface area contributed by atoms with Gasteiger partial charge in [-0.3, -0.25) is 0 Å². The van der Waals surface area contributed by atoms with E-state index >= 15 is 0 Å². The molecule has 1 aliphatic rings. The molecule has 0 aliphatic carbocycles. The molecule has 2 atom stereocenters. The maximum Gasteiger partial charge on any atom is 0.414 e. The predicted octanol–water partition coefficient (Wildman–Crippen LogP) is 1.69. The van der Waals surface area contributed by atoms with E-state index in [2.05, 4.69) is 5.32 Å². The zero-order valence-corrected chi connectivity index (χ0v) is 7.98. The first-order chi connectivity index (χ1) is 6.50. The molecule has 14 heavy (non-hydrogen) atoms. The molecule has 1 aliphatic heterocycles. The Hall–Kier alpha value is -0.290. The van der Waals surface area contributed by atoms with Gasteiger partial charge in [0, 0.05) is 0 Å². The lowest BCUT2D eigenvalue weighted by Gasteiger charge is -2.20. The first-order valence-corrected chi connectivity index (χ1v) is 4.95. The minimum Gasteiger partial charge on any atom is -0.384 e. The van der Waals surface area contributed by atoms with Crippen molar-refractivity contribution in [3.63, 3.8) is 0 Å². The summed E-state index contributed by atoms with van der Waals surface area (Å²) >= 11 is 0. The molecule has 0 spiro atoms. The van der Waals surface area contributed by atoms with Gasteiger partial charge in [0.2, 0.25) is 0 Å². The summed E-state index contributed by atoms with van der Waals surface area (Å²) in [6.07, 6.45) is -4.06. The highest BCUT2D eigenvalue weighted by Crippen LogP contribution is 2.27. The highest BCUT2D eigenvalue weighted by atomic mass is 19.4. The Labute approximate surface area is 81.5 Å². The fourth-order valence-electron chi connectivity index (χ4n) is 1.74. The first-order valence-electron chi connectivity index (χ1n) is 4.95. The molecule has 5 heteroatoms. The summed E-state index contributed by atoms with van der Waals surface area (Å²) in [4.78, 5) is 0. The van der Waals surface area contributed by atoms with E-state index in [1.54, 1.807) is 0 Å². The Morgan fingerprint density at radius 1 is 1.36 bits per heavy atom. The van der Waals surface area contributed by atoms with Gasteiger partial charge in [0.05, 0.1) is 0 Å². The van der Waals surface area contributed by atoms with Crippen LogP contribution in [0.2, 0.25) is 0 Å². The molecule has 2 nitrogen and oxygen atoms in total. The number of hydrogen-bond donors (Lipinski definition) is 2. The molecule has 1 rings (SSSR count). The normalized spacial score (nSPS) is 27.0. The van der Waals surface area contributed by atoms with Gasteiger partial charge in [-0.25, -0.2) is 0 Å². The number of aliphatic hydroxyl groups is 1. The van der Waals surface area contributed by atoms with Crippen LogP contribution in [0, 0.1) is 5.92 Å². The zero-order valence-electron chi connectivity index (χ0n) is 7.98. The van der Waals surface area contributed by atoms with Crippen LogP contribution in [-0.4, -0.2) is 30.5 Å².